The molecule has 118 valence electrons. The Morgan fingerprint density at radius 2 is 2.13 bits per heavy atom. The third-order valence-corrected chi connectivity index (χ3v) is 3.64. The molecule has 0 bridgehead atoms. The summed E-state index contributed by atoms with van der Waals surface area (Å²) in [6, 6.07) is 5.31. The smallest absolute Gasteiger partial charge is 0.481 e. The third-order valence-electron chi connectivity index (χ3n) is 3.64. The molecule has 2 aromatic rings. The van der Waals surface area contributed by atoms with Crippen LogP contribution in [0.3, 0.4) is 0 Å². The Kier molecular flexibility index (Phi) is 4.27. The normalized spacial score (nSPS) is 16.3. The molecule has 23 heavy (non-hydrogen) atoms. The van der Waals surface area contributed by atoms with Crippen molar-refractivity contribution in [3.8, 4) is 11.8 Å². The highest BCUT2D eigenvalue weighted by Crippen LogP contribution is 2.33. The van der Waals surface area contributed by atoms with Crippen LogP contribution in [-0.2, 0) is 15.9 Å². The molecule has 0 aliphatic carbocycles. The Balaban J connectivity index is 1.97. The number of aliphatic carboxylic acids is 1. The Hall–Kier alpha value is -2.45. The zero-order valence-corrected chi connectivity index (χ0v) is 12.5. The van der Waals surface area contributed by atoms with Gasteiger partial charge in [-0.3, -0.25) is 4.79 Å². The van der Waals surface area contributed by atoms with Crippen LogP contribution < -0.4 is 10.2 Å². The van der Waals surface area contributed by atoms with Gasteiger partial charge in [-0.2, -0.15) is 0 Å². The fraction of sp³-hybridized carbons (Fsp3) is 0.267. The predicted octanol–water partition coefficient (Wildman–Crippen LogP) is 1.06. The van der Waals surface area contributed by atoms with Gasteiger partial charge in [-0.25, -0.2) is 9.97 Å². The summed E-state index contributed by atoms with van der Waals surface area (Å²) in [6.07, 6.45) is 2.93. The second-order valence-corrected chi connectivity index (χ2v) is 5.15. The lowest BCUT2D eigenvalue weighted by molar-refractivity contribution is -0.138. The first-order chi connectivity index (χ1) is 11.1. The van der Waals surface area contributed by atoms with Crippen molar-refractivity contribution in [2.75, 3.05) is 0 Å². The zero-order valence-electron chi connectivity index (χ0n) is 12.5. The molecule has 0 saturated carbocycles. The molecule has 1 aliphatic rings. The number of aryl methyl sites for hydroxylation is 1. The van der Waals surface area contributed by atoms with Crippen molar-refractivity contribution in [1.29, 1.82) is 0 Å². The van der Waals surface area contributed by atoms with Crippen LogP contribution in [0.2, 0.25) is 0 Å². The van der Waals surface area contributed by atoms with E-state index < -0.39 is 19.2 Å². The highest BCUT2D eigenvalue weighted by molar-refractivity contribution is 6.62. The number of hydrogen-bond acceptors (Lipinski definition) is 6. The van der Waals surface area contributed by atoms with Crippen molar-refractivity contribution in [2.45, 2.75) is 25.9 Å². The maximum Gasteiger partial charge on any atom is 0.492 e. The van der Waals surface area contributed by atoms with E-state index in [4.69, 9.17) is 14.5 Å². The minimum atomic E-state index is -1.17. The van der Waals surface area contributed by atoms with Gasteiger partial charge in [-0.1, -0.05) is 6.92 Å². The topological polar surface area (TPSA) is 102 Å². The van der Waals surface area contributed by atoms with Crippen molar-refractivity contribution in [2.24, 2.45) is 0 Å². The van der Waals surface area contributed by atoms with Crippen molar-refractivity contribution >= 4 is 18.6 Å². The van der Waals surface area contributed by atoms with Gasteiger partial charge >= 0.3 is 19.1 Å². The van der Waals surface area contributed by atoms with E-state index in [9.17, 15) is 9.82 Å². The lowest BCUT2D eigenvalue weighted by Gasteiger charge is -2.14. The van der Waals surface area contributed by atoms with Crippen molar-refractivity contribution in [1.82, 2.24) is 9.97 Å². The summed E-state index contributed by atoms with van der Waals surface area (Å²) in [4.78, 5) is 19.0. The van der Waals surface area contributed by atoms with Crippen LogP contribution in [0, 0.1) is 0 Å². The summed E-state index contributed by atoms with van der Waals surface area (Å²) in [5.41, 5.74) is 2.13. The average Bonchev–Trinajstić information content (AvgIpc) is 2.83. The molecule has 0 saturated heterocycles. The molecule has 1 unspecified atom stereocenters. The number of rotatable bonds is 5. The second-order valence-electron chi connectivity index (χ2n) is 5.15. The van der Waals surface area contributed by atoms with E-state index >= 15 is 0 Å². The molecule has 0 amide bonds. The van der Waals surface area contributed by atoms with E-state index in [1.807, 2.05) is 6.92 Å². The van der Waals surface area contributed by atoms with Gasteiger partial charge in [0.2, 0.25) is 0 Å². The predicted molar refractivity (Wildman–Crippen MR) is 81.6 cm³/mol. The lowest BCUT2D eigenvalue weighted by atomic mass is 9.77. The molecular formula is C15H15BN2O5. The highest BCUT2D eigenvalue weighted by atomic mass is 16.5. The Morgan fingerprint density at radius 3 is 2.78 bits per heavy atom. The van der Waals surface area contributed by atoms with E-state index in [0.717, 1.165) is 11.1 Å². The summed E-state index contributed by atoms with van der Waals surface area (Å²) in [5, 5.41) is 19.1. The van der Waals surface area contributed by atoms with E-state index in [2.05, 4.69) is 9.97 Å². The fourth-order valence-electron chi connectivity index (χ4n) is 2.71. The number of benzene rings is 1. The second kappa shape index (κ2) is 6.35. The maximum absolute atomic E-state index is 11.0. The Bertz CT molecular complexity index is 725. The van der Waals surface area contributed by atoms with Gasteiger partial charge in [0.1, 0.15) is 5.75 Å². The first-order valence-electron chi connectivity index (χ1n) is 7.25. The van der Waals surface area contributed by atoms with Gasteiger partial charge in [0.25, 0.3) is 0 Å². The highest BCUT2D eigenvalue weighted by Gasteiger charge is 2.38. The van der Waals surface area contributed by atoms with Gasteiger partial charge in [0, 0.05) is 12.4 Å². The van der Waals surface area contributed by atoms with Gasteiger partial charge in [0.05, 0.1) is 12.5 Å². The number of fused-ring (bicyclic) bond motifs is 1. The zero-order chi connectivity index (χ0) is 16.4. The summed E-state index contributed by atoms with van der Waals surface area (Å²) in [6.45, 7) is 1.95. The minimum absolute atomic E-state index is 0.195. The van der Waals surface area contributed by atoms with Crippen LogP contribution in [0.15, 0.2) is 30.6 Å². The first-order valence-corrected chi connectivity index (χ1v) is 7.25. The quantitative estimate of drug-likeness (QED) is 0.796. The van der Waals surface area contributed by atoms with Crippen LogP contribution in [0.25, 0.3) is 0 Å². The molecule has 1 aromatic heterocycles. The number of ether oxygens (including phenoxy) is 1. The molecule has 2 N–H and O–H groups in total. The number of hydrogen-bond donors (Lipinski definition) is 2. The number of carbonyl (C=O) groups is 1. The number of carboxylic acids is 1. The van der Waals surface area contributed by atoms with Crippen LogP contribution in [0.5, 0.6) is 11.8 Å². The van der Waals surface area contributed by atoms with Crippen LogP contribution in [0.1, 0.15) is 30.6 Å². The van der Waals surface area contributed by atoms with Gasteiger partial charge in [-0.05, 0) is 41.2 Å². The lowest BCUT2D eigenvalue weighted by Crippen LogP contribution is -2.28. The fourth-order valence-corrected chi connectivity index (χ4v) is 2.71. The van der Waals surface area contributed by atoms with E-state index in [1.54, 1.807) is 30.6 Å². The molecule has 1 aliphatic heterocycles. The van der Waals surface area contributed by atoms with Crippen molar-refractivity contribution in [3.05, 3.63) is 41.7 Å². The molecule has 0 fully saturated rings. The SMILES string of the molecule is CCc1cc(Oc2ncccn2)cc2c1C(CC(=O)O)OB2O. The largest absolute Gasteiger partial charge is 0.492 e. The molecule has 3 rings (SSSR count). The first kappa shape index (κ1) is 15.5. The molecule has 0 radical (unpaired) electrons. The van der Waals surface area contributed by atoms with Gasteiger partial charge < -0.3 is 19.5 Å². The van der Waals surface area contributed by atoms with Crippen molar-refractivity contribution in [3.63, 3.8) is 0 Å². The Morgan fingerprint density at radius 1 is 1.39 bits per heavy atom. The molecule has 8 heteroatoms. The molecule has 0 spiro atoms. The number of nitrogens with zero attached hydrogens (tertiary/aromatic N) is 2. The summed E-state index contributed by atoms with van der Waals surface area (Å²) < 4.78 is 11.0. The Labute approximate surface area is 133 Å². The van der Waals surface area contributed by atoms with Crippen LogP contribution >= 0.6 is 0 Å². The third kappa shape index (κ3) is 3.18. The average molecular weight is 314 g/mol. The van der Waals surface area contributed by atoms with E-state index in [1.165, 1.54) is 0 Å². The summed E-state index contributed by atoms with van der Waals surface area (Å²) in [5.74, 6) is -0.499. The van der Waals surface area contributed by atoms with Gasteiger partial charge in [0.15, 0.2) is 0 Å². The van der Waals surface area contributed by atoms with Crippen LogP contribution in [-0.4, -0.2) is 33.2 Å². The summed E-state index contributed by atoms with van der Waals surface area (Å²) >= 11 is 0. The summed E-state index contributed by atoms with van der Waals surface area (Å²) in [7, 11) is -1.17. The monoisotopic (exact) mass is 314 g/mol. The number of carboxylic acid groups (broad SMARTS) is 1. The molecule has 7 nitrogen and oxygen atoms in total. The molecular weight excluding hydrogens is 299 g/mol. The molecule has 2 heterocycles. The van der Waals surface area contributed by atoms with Gasteiger partial charge in [-0.15, -0.1) is 0 Å². The molecule has 1 aromatic carbocycles. The maximum atomic E-state index is 11.0. The minimum Gasteiger partial charge on any atom is -0.481 e. The van der Waals surface area contributed by atoms with E-state index in [0.29, 0.717) is 17.6 Å². The van der Waals surface area contributed by atoms with Crippen LogP contribution in [0.4, 0.5) is 0 Å². The molecule has 1 atom stereocenters. The number of aromatic nitrogens is 2. The standard InChI is InChI=1S/C15H15BN2O5/c1-2-9-6-10(22-15-17-4-3-5-18-15)7-11-14(9)12(8-13(19)20)23-16(11)21/h3-7,12,21H,2,8H2,1H3,(H,19,20). The van der Waals surface area contributed by atoms with E-state index in [-0.39, 0.29) is 12.4 Å². The van der Waals surface area contributed by atoms with Crippen molar-refractivity contribution < 1.29 is 24.3 Å².